The number of fused-ring (bicyclic) bond motifs is 1. The van der Waals surface area contributed by atoms with Crippen LogP contribution in [-0.4, -0.2) is 17.4 Å². The molecule has 0 spiro atoms. The number of pyridine rings is 1. The number of nitrogens with zero attached hydrogens (tertiary/aromatic N) is 1. The molecule has 1 heterocycles. The highest BCUT2D eigenvalue weighted by Gasteiger charge is 2.07. The molecule has 4 nitrogen and oxygen atoms in total. The quantitative estimate of drug-likeness (QED) is 0.775. The molecule has 0 radical (unpaired) electrons. The molecular formula is C17H14FN3O. The maximum atomic E-state index is 13.5. The Balaban J connectivity index is 1.70. The lowest BCUT2D eigenvalue weighted by Gasteiger charge is -2.10. The number of halogens is 1. The van der Waals surface area contributed by atoms with Crippen molar-refractivity contribution in [1.82, 2.24) is 4.98 Å². The molecular weight excluding hydrogens is 281 g/mol. The lowest BCUT2D eigenvalue weighted by atomic mass is 10.2. The van der Waals surface area contributed by atoms with Crippen molar-refractivity contribution in [2.45, 2.75) is 0 Å². The summed E-state index contributed by atoms with van der Waals surface area (Å²) < 4.78 is 13.5. The molecule has 2 aromatic carbocycles. The first-order valence-corrected chi connectivity index (χ1v) is 6.86. The second kappa shape index (κ2) is 6.22. The number of aromatic nitrogens is 1. The zero-order chi connectivity index (χ0) is 15.4. The van der Waals surface area contributed by atoms with Gasteiger partial charge in [0.15, 0.2) is 0 Å². The maximum absolute atomic E-state index is 13.5. The SMILES string of the molecule is O=C(CNc1ccccc1F)Nc1cccc2cccnc12. The predicted molar refractivity (Wildman–Crippen MR) is 85.3 cm³/mol. The van der Waals surface area contributed by atoms with E-state index < -0.39 is 0 Å². The van der Waals surface area contributed by atoms with Gasteiger partial charge in [-0.25, -0.2) is 4.39 Å². The Labute approximate surface area is 127 Å². The van der Waals surface area contributed by atoms with Crippen molar-refractivity contribution in [3.05, 3.63) is 66.6 Å². The van der Waals surface area contributed by atoms with Gasteiger partial charge in [0.05, 0.1) is 23.4 Å². The second-order valence-electron chi connectivity index (χ2n) is 4.76. The zero-order valence-electron chi connectivity index (χ0n) is 11.7. The molecule has 5 heteroatoms. The Kier molecular flexibility index (Phi) is 3.96. The minimum Gasteiger partial charge on any atom is -0.374 e. The molecule has 0 saturated carbocycles. The molecule has 0 fully saturated rings. The van der Waals surface area contributed by atoms with Gasteiger partial charge in [-0.05, 0) is 24.3 Å². The van der Waals surface area contributed by atoms with Gasteiger partial charge in [-0.1, -0.05) is 30.3 Å². The molecule has 0 saturated heterocycles. The van der Waals surface area contributed by atoms with Crippen molar-refractivity contribution in [3.8, 4) is 0 Å². The molecule has 0 unspecified atom stereocenters. The first kappa shape index (κ1) is 14.0. The van der Waals surface area contributed by atoms with Crippen LogP contribution in [0.2, 0.25) is 0 Å². The number of nitrogens with one attached hydrogen (secondary N) is 2. The predicted octanol–water partition coefficient (Wildman–Crippen LogP) is 3.42. The highest BCUT2D eigenvalue weighted by atomic mass is 19.1. The Morgan fingerprint density at radius 1 is 1.00 bits per heavy atom. The topological polar surface area (TPSA) is 54.0 Å². The van der Waals surface area contributed by atoms with Crippen LogP contribution in [0.15, 0.2) is 60.8 Å². The van der Waals surface area contributed by atoms with Gasteiger partial charge in [0.1, 0.15) is 5.82 Å². The lowest BCUT2D eigenvalue weighted by molar-refractivity contribution is -0.114. The number of carbonyl (C=O) groups excluding carboxylic acids is 1. The number of amides is 1. The monoisotopic (exact) mass is 295 g/mol. The molecule has 0 aliphatic heterocycles. The molecule has 1 amide bonds. The van der Waals surface area contributed by atoms with Crippen LogP contribution in [0.4, 0.5) is 15.8 Å². The number of hydrogen-bond donors (Lipinski definition) is 2. The van der Waals surface area contributed by atoms with E-state index in [1.807, 2.05) is 24.3 Å². The van der Waals surface area contributed by atoms with Crippen LogP contribution in [0.5, 0.6) is 0 Å². The maximum Gasteiger partial charge on any atom is 0.243 e. The average molecular weight is 295 g/mol. The van der Waals surface area contributed by atoms with E-state index >= 15 is 0 Å². The van der Waals surface area contributed by atoms with Crippen molar-refractivity contribution in [3.63, 3.8) is 0 Å². The fourth-order valence-corrected chi connectivity index (χ4v) is 2.18. The standard InChI is InChI=1S/C17H14FN3O/c18-13-7-1-2-8-14(13)20-11-16(22)21-15-9-3-5-12-6-4-10-19-17(12)15/h1-10,20H,11H2,(H,21,22). The van der Waals surface area contributed by atoms with Gasteiger partial charge in [-0.15, -0.1) is 0 Å². The summed E-state index contributed by atoms with van der Waals surface area (Å²) in [6, 6.07) is 15.6. The van der Waals surface area contributed by atoms with E-state index in [1.165, 1.54) is 6.07 Å². The molecule has 0 bridgehead atoms. The summed E-state index contributed by atoms with van der Waals surface area (Å²) in [5.74, 6) is -0.650. The third-order valence-corrected chi connectivity index (χ3v) is 3.22. The van der Waals surface area contributed by atoms with Crippen LogP contribution in [-0.2, 0) is 4.79 Å². The van der Waals surface area contributed by atoms with E-state index in [9.17, 15) is 9.18 Å². The molecule has 0 aliphatic rings. The smallest absolute Gasteiger partial charge is 0.243 e. The first-order valence-electron chi connectivity index (χ1n) is 6.86. The van der Waals surface area contributed by atoms with Gasteiger partial charge in [-0.3, -0.25) is 9.78 Å². The van der Waals surface area contributed by atoms with Gasteiger partial charge in [-0.2, -0.15) is 0 Å². The van der Waals surface area contributed by atoms with Crippen molar-refractivity contribution in [1.29, 1.82) is 0 Å². The fraction of sp³-hybridized carbons (Fsp3) is 0.0588. The molecule has 110 valence electrons. The van der Waals surface area contributed by atoms with Crippen molar-refractivity contribution >= 4 is 28.2 Å². The van der Waals surface area contributed by atoms with Crippen molar-refractivity contribution in [2.24, 2.45) is 0 Å². The lowest BCUT2D eigenvalue weighted by Crippen LogP contribution is -2.22. The Morgan fingerprint density at radius 2 is 1.77 bits per heavy atom. The normalized spacial score (nSPS) is 10.4. The van der Waals surface area contributed by atoms with Crippen molar-refractivity contribution in [2.75, 3.05) is 17.2 Å². The number of hydrogen-bond acceptors (Lipinski definition) is 3. The Morgan fingerprint density at radius 3 is 2.64 bits per heavy atom. The molecule has 1 aromatic heterocycles. The average Bonchev–Trinajstić information content (AvgIpc) is 2.54. The number of benzene rings is 2. The summed E-state index contributed by atoms with van der Waals surface area (Å²) in [6.07, 6.45) is 1.68. The van der Waals surface area contributed by atoms with Gasteiger partial charge >= 0.3 is 0 Å². The van der Waals surface area contributed by atoms with Crippen LogP contribution >= 0.6 is 0 Å². The Hall–Kier alpha value is -2.95. The van der Waals surface area contributed by atoms with E-state index in [1.54, 1.807) is 30.5 Å². The summed E-state index contributed by atoms with van der Waals surface area (Å²) >= 11 is 0. The fourth-order valence-electron chi connectivity index (χ4n) is 2.18. The zero-order valence-corrected chi connectivity index (χ0v) is 11.7. The molecule has 0 atom stereocenters. The summed E-state index contributed by atoms with van der Waals surface area (Å²) in [6.45, 7) is -0.0237. The van der Waals surface area contributed by atoms with Crippen LogP contribution in [0.25, 0.3) is 10.9 Å². The molecule has 3 aromatic rings. The highest BCUT2D eigenvalue weighted by Crippen LogP contribution is 2.20. The first-order chi connectivity index (χ1) is 10.7. The van der Waals surface area contributed by atoms with Crippen LogP contribution in [0.1, 0.15) is 0 Å². The molecule has 3 rings (SSSR count). The van der Waals surface area contributed by atoms with E-state index in [0.29, 0.717) is 11.4 Å². The molecule has 2 N–H and O–H groups in total. The van der Waals surface area contributed by atoms with Gasteiger partial charge < -0.3 is 10.6 Å². The third-order valence-electron chi connectivity index (χ3n) is 3.22. The van der Waals surface area contributed by atoms with Crippen LogP contribution in [0, 0.1) is 5.82 Å². The van der Waals surface area contributed by atoms with Gasteiger partial charge in [0.2, 0.25) is 5.91 Å². The number of carbonyl (C=O) groups is 1. The summed E-state index contributed by atoms with van der Waals surface area (Å²) in [5.41, 5.74) is 1.66. The number of rotatable bonds is 4. The number of anilines is 2. The summed E-state index contributed by atoms with van der Waals surface area (Å²) in [7, 11) is 0. The van der Waals surface area contributed by atoms with E-state index in [4.69, 9.17) is 0 Å². The summed E-state index contributed by atoms with van der Waals surface area (Å²) in [4.78, 5) is 16.3. The van der Waals surface area contributed by atoms with E-state index in [0.717, 1.165) is 10.9 Å². The largest absolute Gasteiger partial charge is 0.374 e. The number of para-hydroxylation sites is 2. The highest BCUT2D eigenvalue weighted by molar-refractivity contribution is 6.01. The van der Waals surface area contributed by atoms with E-state index in [-0.39, 0.29) is 18.3 Å². The minimum absolute atomic E-state index is 0.0237. The van der Waals surface area contributed by atoms with Crippen LogP contribution < -0.4 is 10.6 Å². The molecule has 0 aliphatic carbocycles. The van der Waals surface area contributed by atoms with Crippen molar-refractivity contribution < 1.29 is 9.18 Å². The van der Waals surface area contributed by atoms with Gasteiger partial charge in [0, 0.05) is 11.6 Å². The van der Waals surface area contributed by atoms with Gasteiger partial charge in [0.25, 0.3) is 0 Å². The third kappa shape index (κ3) is 3.03. The Bertz CT molecular complexity index is 814. The van der Waals surface area contributed by atoms with E-state index in [2.05, 4.69) is 15.6 Å². The second-order valence-corrected chi connectivity index (χ2v) is 4.76. The molecule has 22 heavy (non-hydrogen) atoms. The minimum atomic E-state index is -0.387. The van der Waals surface area contributed by atoms with Crippen LogP contribution in [0.3, 0.4) is 0 Å². The summed E-state index contributed by atoms with van der Waals surface area (Å²) in [5, 5.41) is 6.51.